The number of imidazole rings is 1. The van der Waals surface area contributed by atoms with E-state index in [0.29, 0.717) is 18.3 Å². The van der Waals surface area contributed by atoms with Gasteiger partial charge in [-0.25, -0.2) is 19.4 Å². The monoisotopic (exact) mass is 488 g/mol. The number of ether oxygens (including phenoxy) is 1. The van der Waals surface area contributed by atoms with Gasteiger partial charge in [-0.2, -0.15) is 5.10 Å². The van der Waals surface area contributed by atoms with Crippen LogP contribution in [0.5, 0.6) is 0 Å². The molecule has 1 fully saturated rings. The number of para-hydroxylation sites is 1. The van der Waals surface area contributed by atoms with Gasteiger partial charge in [-0.1, -0.05) is 25.1 Å². The normalized spacial score (nSPS) is 18.1. The molecule has 1 aliphatic rings. The number of fused-ring (bicyclic) bond motifs is 1. The molecule has 0 unspecified atom stereocenters. The predicted molar refractivity (Wildman–Crippen MR) is 139 cm³/mol. The molecule has 1 saturated heterocycles. The van der Waals surface area contributed by atoms with Crippen molar-refractivity contribution in [3.8, 4) is 16.9 Å². The van der Waals surface area contributed by atoms with Gasteiger partial charge in [0.05, 0.1) is 24.3 Å². The molecule has 188 valence electrons. The third-order valence-corrected chi connectivity index (χ3v) is 6.80. The Labute approximate surface area is 210 Å². The molecule has 0 aliphatic carbocycles. The Hall–Kier alpha value is -3.76. The first-order valence-corrected chi connectivity index (χ1v) is 12.2. The van der Waals surface area contributed by atoms with Crippen molar-refractivity contribution in [2.24, 2.45) is 13.0 Å². The van der Waals surface area contributed by atoms with Crippen LogP contribution in [0.15, 0.2) is 48.9 Å². The summed E-state index contributed by atoms with van der Waals surface area (Å²) in [5.41, 5.74) is 4.90. The first kappa shape index (κ1) is 24.0. The van der Waals surface area contributed by atoms with Crippen LogP contribution in [-0.2, 0) is 11.8 Å². The number of hydrogen-bond donors (Lipinski definition) is 2. The number of methoxy groups -OCH3 is 1. The molecule has 10 heteroatoms. The Kier molecular flexibility index (Phi) is 6.71. The molecule has 10 nitrogen and oxygen atoms in total. The molecule has 4 heterocycles. The highest BCUT2D eigenvalue weighted by Crippen LogP contribution is 2.31. The van der Waals surface area contributed by atoms with Crippen LogP contribution in [0.2, 0.25) is 0 Å². The van der Waals surface area contributed by atoms with Gasteiger partial charge < -0.3 is 14.6 Å². The summed E-state index contributed by atoms with van der Waals surface area (Å²) in [5.74, 6) is 0.969. The lowest BCUT2D eigenvalue weighted by molar-refractivity contribution is 0.158. The number of pyridine rings is 1. The van der Waals surface area contributed by atoms with E-state index < -0.39 is 0 Å². The molecule has 3 aromatic heterocycles. The summed E-state index contributed by atoms with van der Waals surface area (Å²) in [5, 5.41) is 11.1. The molecule has 1 aliphatic heterocycles. The molecule has 36 heavy (non-hydrogen) atoms. The molecule has 0 radical (unpaired) electrons. The van der Waals surface area contributed by atoms with Crippen molar-refractivity contribution in [2.45, 2.75) is 19.9 Å². The topological polar surface area (TPSA) is 102 Å². The second kappa shape index (κ2) is 10.1. The summed E-state index contributed by atoms with van der Waals surface area (Å²) < 4.78 is 8.86. The van der Waals surface area contributed by atoms with E-state index in [2.05, 4.69) is 32.4 Å². The zero-order valence-electron chi connectivity index (χ0n) is 21.1. The number of carbonyl (C=O) groups excluding carboxylic acids is 1. The Bertz CT molecular complexity index is 1360. The lowest BCUT2D eigenvalue weighted by atomic mass is 10.1. The fourth-order valence-corrected chi connectivity index (χ4v) is 4.79. The number of benzene rings is 1. The summed E-state index contributed by atoms with van der Waals surface area (Å²) in [6.45, 7) is 7.40. The van der Waals surface area contributed by atoms with E-state index in [1.165, 1.54) is 0 Å². The van der Waals surface area contributed by atoms with Crippen LogP contribution in [0.1, 0.15) is 12.5 Å². The van der Waals surface area contributed by atoms with Gasteiger partial charge in [0.2, 0.25) is 0 Å². The van der Waals surface area contributed by atoms with E-state index in [0.717, 1.165) is 53.3 Å². The second-order valence-electron chi connectivity index (χ2n) is 9.43. The van der Waals surface area contributed by atoms with E-state index in [1.54, 1.807) is 24.3 Å². The fourth-order valence-electron chi connectivity index (χ4n) is 4.79. The van der Waals surface area contributed by atoms with Gasteiger partial charge in [-0.05, 0) is 31.0 Å². The molecular formula is C26H32N8O2. The number of urea groups is 1. The number of carbonyl (C=O) groups is 1. The second-order valence-corrected chi connectivity index (χ2v) is 9.43. The fraction of sp³-hybridized carbons (Fsp3) is 0.385. The lowest BCUT2D eigenvalue weighted by Gasteiger charge is -2.18. The van der Waals surface area contributed by atoms with E-state index in [1.807, 2.05) is 54.9 Å². The molecule has 0 spiro atoms. The number of nitrogens with zero attached hydrogens (tertiary/aromatic N) is 6. The number of likely N-dealkylation sites (tertiary alicyclic amines) is 1. The molecular weight excluding hydrogens is 456 g/mol. The third-order valence-electron chi connectivity index (χ3n) is 6.80. The van der Waals surface area contributed by atoms with Crippen LogP contribution in [0.4, 0.5) is 10.6 Å². The maximum atomic E-state index is 13.2. The average molecular weight is 489 g/mol. The van der Waals surface area contributed by atoms with Crippen molar-refractivity contribution < 1.29 is 9.53 Å². The minimum atomic E-state index is -0.245. The van der Waals surface area contributed by atoms with Crippen molar-refractivity contribution in [3.05, 3.63) is 54.5 Å². The highest BCUT2D eigenvalue weighted by molar-refractivity contribution is 5.91. The summed E-state index contributed by atoms with van der Waals surface area (Å²) in [4.78, 5) is 24.5. The standard InChI is InChI=1S/C26H32N8O2/c1-17-14-33(10-11-36-4)15-22(17)29-26(35)30-24-18(2)23(31-34(24)20-8-6-5-7-9-20)19-12-21-25(27-13-19)32(3)16-28-21/h5-9,12-13,16-17,22H,10-11,14-15H2,1-4H3,(H2,29,30,35)/t17-,22-/m1/s1. The molecule has 0 bridgehead atoms. The van der Waals surface area contributed by atoms with Gasteiger partial charge in [-0.3, -0.25) is 10.2 Å². The average Bonchev–Trinajstić information content (AvgIpc) is 3.53. The Balaban J connectivity index is 1.43. The maximum absolute atomic E-state index is 13.2. The molecule has 1 aromatic carbocycles. The molecule has 0 saturated carbocycles. The molecule has 4 aromatic rings. The highest BCUT2D eigenvalue weighted by atomic mass is 16.5. The lowest BCUT2D eigenvalue weighted by Crippen LogP contribution is -2.42. The van der Waals surface area contributed by atoms with Gasteiger partial charge in [0.25, 0.3) is 0 Å². The number of nitrogens with one attached hydrogen (secondary N) is 2. The Morgan fingerprint density at radius 3 is 2.78 bits per heavy atom. The first-order chi connectivity index (χ1) is 17.4. The van der Waals surface area contributed by atoms with Crippen LogP contribution >= 0.6 is 0 Å². The zero-order chi connectivity index (χ0) is 25.2. The molecule has 5 rings (SSSR count). The van der Waals surface area contributed by atoms with E-state index in [-0.39, 0.29) is 12.1 Å². The van der Waals surface area contributed by atoms with Crippen molar-refractivity contribution in [2.75, 3.05) is 38.7 Å². The number of hydrogen-bond acceptors (Lipinski definition) is 6. The number of aromatic nitrogens is 5. The van der Waals surface area contributed by atoms with Crippen molar-refractivity contribution in [3.63, 3.8) is 0 Å². The summed E-state index contributed by atoms with van der Waals surface area (Å²) in [7, 11) is 3.62. The van der Waals surface area contributed by atoms with Gasteiger partial charge in [-0.15, -0.1) is 0 Å². The molecule has 2 atom stereocenters. The summed E-state index contributed by atoms with van der Waals surface area (Å²) >= 11 is 0. The summed E-state index contributed by atoms with van der Waals surface area (Å²) in [6, 6.07) is 11.6. The smallest absolute Gasteiger partial charge is 0.320 e. The van der Waals surface area contributed by atoms with Gasteiger partial charge in [0.15, 0.2) is 5.65 Å². The zero-order valence-corrected chi connectivity index (χ0v) is 21.1. The summed E-state index contributed by atoms with van der Waals surface area (Å²) in [6.07, 6.45) is 3.54. The number of aryl methyl sites for hydroxylation is 1. The maximum Gasteiger partial charge on any atom is 0.320 e. The van der Waals surface area contributed by atoms with E-state index >= 15 is 0 Å². The van der Waals surface area contributed by atoms with Crippen LogP contribution in [-0.4, -0.2) is 74.6 Å². The van der Waals surface area contributed by atoms with Gasteiger partial charge >= 0.3 is 6.03 Å². The Morgan fingerprint density at radius 1 is 1.19 bits per heavy atom. The number of anilines is 1. The van der Waals surface area contributed by atoms with Gasteiger partial charge in [0.1, 0.15) is 11.3 Å². The van der Waals surface area contributed by atoms with Crippen LogP contribution in [0.3, 0.4) is 0 Å². The van der Waals surface area contributed by atoms with E-state index in [4.69, 9.17) is 9.84 Å². The van der Waals surface area contributed by atoms with Crippen molar-refractivity contribution in [1.29, 1.82) is 0 Å². The number of amides is 2. The number of rotatable bonds is 7. The predicted octanol–water partition coefficient (Wildman–Crippen LogP) is 3.22. The highest BCUT2D eigenvalue weighted by Gasteiger charge is 2.31. The van der Waals surface area contributed by atoms with Crippen LogP contribution < -0.4 is 10.6 Å². The minimum absolute atomic E-state index is 0.0606. The van der Waals surface area contributed by atoms with E-state index in [9.17, 15) is 4.79 Å². The van der Waals surface area contributed by atoms with Crippen molar-refractivity contribution in [1.82, 2.24) is 34.5 Å². The largest absolute Gasteiger partial charge is 0.383 e. The SMILES string of the molecule is COCCN1C[C@@H](C)[C@H](NC(=O)Nc2c(C)c(-c3cnc4c(c3)ncn4C)nn2-c2ccccc2)C1. The quantitative estimate of drug-likeness (QED) is 0.414. The Morgan fingerprint density at radius 2 is 2.00 bits per heavy atom. The van der Waals surface area contributed by atoms with Crippen molar-refractivity contribution >= 4 is 23.0 Å². The van der Waals surface area contributed by atoms with Crippen LogP contribution in [0.25, 0.3) is 28.1 Å². The van der Waals surface area contributed by atoms with Gasteiger partial charge in [0, 0.05) is 57.2 Å². The van der Waals surface area contributed by atoms with Crippen LogP contribution in [0, 0.1) is 12.8 Å². The molecule has 2 amide bonds. The third kappa shape index (κ3) is 4.69. The first-order valence-electron chi connectivity index (χ1n) is 12.2. The molecule has 2 N–H and O–H groups in total. The minimum Gasteiger partial charge on any atom is -0.383 e.